The van der Waals surface area contributed by atoms with Crippen molar-refractivity contribution in [1.82, 2.24) is 9.97 Å². The average Bonchev–Trinajstić information content (AvgIpc) is 2.75. The molecule has 3 aromatic rings. The molecule has 0 spiro atoms. The first-order valence-electron chi connectivity index (χ1n) is 9.34. The molecule has 3 rings (SSSR count). The van der Waals surface area contributed by atoms with Crippen LogP contribution in [-0.2, 0) is 21.2 Å². The fraction of sp³-hybridized carbons (Fsp3) is 0.190. The van der Waals surface area contributed by atoms with E-state index in [0.29, 0.717) is 11.4 Å². The molecule has 1 atom stereocenters. The molecule has 0 unspecified atom stereocenters. The third kappa shape index (κ3) is 5.32. The predicted molar refractivity (Wildman–Crippen MR) is 114 cm³/mol. The summed E-state index contributed by atoms with van der Waals surface area (Å²) in [5.74, 6) is 0.304. The lowest BCUT2D eigenvalue weighted by molar-refractivity contribution is -0.122. The summed E-state index contributed by atoms with van der Waals surface area (Å²) in [6, 6.07) is 14.9. The highest BCUT2D eigenvalue weighted by molar-refractivity contribution is 7.92. The van der Waals surface area contributed by atoms with Crippen molar-refractivity contribution in [3.8, 4) is 5.75 Å². The smallest absolute Gasteiger partial charge is 0.265 e. The van der Waals surface area contributed by atoms with Crippen molar-refractivity contribution >= 4 is 27.6 Å². The highest BCUT2D eigenvalue weighted by atomic mass is 32.2. The van der Waals surface area contributed by atoms with Gasteiger partial charge in [-0.1, -0.05) is 25.1 Å². The van der Waals surface area contributed by atoms with Crippen LogP contribution in [0.4, 0.5) is 11.6 Å². The molecule has 0 aliphatic carbocycles. The van der Waals surface area contributed by atoms with Gasteiger partial charge in [-0.15, -0.1) is 0 Å². The fourth-order valence-corrected chi connectivity index (χ4v) is 3.61. The van der Waals surface area contributed by atoms with Gasteiger partial charge in [0.2, 0.25) is 5.95 Å². The molecule has 0 aliphatic rings. The Morgan fingerprint density at radius 3 is 2.37 bits per heavy atom. The van der Waals surface area contributed by atoms with Crippen LogP contribution in [0.3, 0.4) is 0 Å². The maximum absolute atomic E-state index is 12.5. The van der Waals surface area contributed by atoms with Crippen molar-refractivity contribution in [2.24, 2.45) is 0 Å². The Labute approximate surface area is 175 Å². The summed E-state index contributed by atoms with van der Waals surface area (Å²) < 4.78 is 32.9. The Morgan fingerprint density at radius 1 is 1.03 bits per heavy atom. The van der Waals surface area contributed by atoms with Crippen LogP contribution in [0.25, 0.3) is 0 Å². The van der Waals surface area contributed by atoms with Crippen molar-refractivity contribution in [3.05, 3.63) is 72.6 Å². The first-order valence-corrected chi connectivity index (χ1v) is 10.8. The molecule has 0 fully saturated rings. The van der Waals surface area contributed by atoms with Gasteiger partial charge in [0.1, 0.15) is 5.75 Å². The minimum atomic E-state index is -3.84. The first kappa shape index (κ1) is 21.3. The summed E-state index contributed by atoms with van der Waals surface area (Å²) in [5.41, 5.74) is 1.47. The Morgan fingerprint density at radius 2 is 1.70 bits per heavy atom. The Balaban J connectivity index is 1.64. The number of sulfonamides is 1. The van der Waals surface area contributed by atoms with E-state index in [1.165, 1.54) is 36.7 Å². The van der Waals surface area contributed by atoms with Crippen molar-refractivity contribution in [3.63, 3.8) is 0 Å². The van der Waals surface area contributed by atoms with Crippen LogP contribution >= 0.6 is 0 Å². The second-order valence-corrected chi connectivity index (χ2v) is 8.10. The van der Waals surface area contributed by atoms with Crippen LogP contribution < -0.4 is 14.8 Å². The topological polar surface area (TPSA) is 110 Å². The summed E-state index contributed by atoms with van der Waals surface area (Å²) in [5, 5.41) is 2.72. The summed E-state index contributed by atoms with van der Waals surface area (Å²) in [6.45, 7) is 3.67. The highest BCUT2D eigenvalue weighted by Gasteiger charge is 2.18. The number of ether oxygens (including phenoxy) is 1. The molecule has 156 valence electrons. The van der Waals surface area contributed by atoms with E-state index in [9.17, 15) is 13.2 Å². The van der Waals surface area contributed by atoms with Crippen LogP contribution in [0.5, 0.6) is 5.75 Å². The molecule has 0 saturated heterocycles. The minimum absolute atomic E-state index is 0.0202. The van der Waals surface area contributed by atoms with E-state index in [4.69, 9.17) is 4.74 Å². The molecular formula is C21H22N4O4S. The van der Waals surface area contributed by atoms with Gasteiger partial charge < -0.3 is 10.1 Å². The lowest BCUT2D eigenvalue weighted by Crippen LogP contribution is -2.30. The summed E-state index contributed by atoms with van der Waals surface area (Å²) in [6.07, 6.45) is 2.94. The first-order chi connectivity index (χ1) is 14.4. The normalized spacial score (nSPS) is 12.1. The molecule has 0 radical (unpaired) electrons. The van der Waals surface area contributed by atoms with Crippen molar-refractivity contribution in [1.29, 1.82) is 0 Å². The monoisotopic (exact) mass is 426 g/mol. The van der Waals surface area contributed by atoms with Gasteiger partial charge in [-0.3, -0.25) is 4.79 Å². The molecule has 8 nitrogen and oxygen atoms in total. The molecule has 0 saturated carbocycles. The van der Waals surface area contributed by atoms with Crippen LogP contribution in [0, 0.1) is 0 Å². The molecule has 1 heterocycles. The summed E-state index contributed by atoms with van der Waals surface area (Å²) in [7, 11) is -3.84. The van der Waals surface area contributed by atoms with Crippen molar-refractivity contribution in [2.45, 2.75) is 31.3 Å². The van der Waals surface area contributed by atoms with Crippen LogP contribution in [0.1, 0.15) is 19.4 Å². The zero-order chi connectivity index (χ0) is 21.6. The maximum atomic E-state index is 12.5. The van der Waals surface area contributed by atoms with Crippen LogP contribution in [0.2, 0.25) is 0 Å². The third-order valence-corrected chi connectivity index (χ3v) is 5.59. The second-order valence-electron chi connectivity index (χ2n) is 6.41. The zero-order valence-corrected chi connectivity index (χ0v) is 17.4. The average molecular weight is 426 g/mol. The van der Waals surface area contributed by atoms with E-state index < -0.39 is 16.1 Å². The predicted octanol–water partition coefficient (Wildman–Crippen LogP) is 3.25. The molecule has 1 aromatic heterocycles. The molecule has 0 aliphatic heterocycles. The number of rotatable bonds is 8. The molecule has 1 amide bonds. The minimum Gasteiger partial charge on any atom is -0.481 e. The SMILES string of the molecule is CCc1ccccc1O[C@H](C)C(=O)Nc1ccc(S(=O)(=O)Nc2ncccn2)cc1. The van der Waals surface area contributed by atoms with Gasteiger partial charge in [-0.25, -0.2) is 23.1 Å². The molecule has 0 bridgehead atoms. The number of benzene rings is 2. The Hall–Kier alpha value is -3.46. The van der Waals surface area contributed by atoms with Gasteiger partial charge in [0.15, 0.2) is 6.10 Å². The van der Waals surface area contributed by atoms with E-state index >= 15 is 0 Å². The standard InChI is InChI=1S/C21H22N4O4S/c1-3-16-7-4-5-8-19(16)29-15(2)20(26)24-17-9-11-18(12-10-17)30(27,28)25-21-22-13-6-14-23-21/h4-15H,3H2,1-2H3,(H,24,26)(H,22,23,25)/t15-/m1/s1. The number of nitrogens with zero attached hydrogens (tertiary/aromatic N) is 2. The number of nitrogens with one attached hydrogen (secondary N) is 2. The molecule has 30 heavy (non-hydrogen) atoms. The lowest BCUT2D eigenvalue weighted by Gasteiger charge is -2.17. The van der Waals surface area contributed by atoms with E-state index in [0.717, 1.165) is 12.0 Å². The molecule has 9 heteroatoms. The van der Waals surface area contributed by atoms with Gasteiger partial charge in [0, 0.05) is 18.1 Å². The third-order valence-electron chi connectivity index (χ3n) is 4.25. The second kappa shape index (κ2) is 9.36. The Kier molecular flexibility index (Phi) is 6.63. The van der Waals surface area contributed by atoms with E-state index in [-0.39, 0.29) is 16.8 Å². The van der Waals surface area contributed by atoms with Gasteiger partial charge in [0.05, 0.1) is 4.90 Å². The van der Waals surface area contributed by atoms with Crippen molar-refractivity contribution < 1.29 is 17.9 Å². The number of aryl methyl sites for hydroxylation is 1. The number of anilines is 2. The van der Waals surface area contributed by atoms with Gasteiger partial charge in [-0.2, -0.15) is 0 Å². The quantitative estimate of drug-likeness (QED) is 0.572. The van der Waals surface area contributed by atoms with Crippen LogP contribution in [-0.4, -0.2) is 30.4 Å². The zero-order valence-electron chi connectivity index (χ0n) is 16.6. The number of hydrogen-bond donors (Lipinski definition) is 2. The van der Waals surface area contributed by atoms with E-state index in [1.807, 2.05) is 31.2 Å². The number of carbonyl (C=O) groups excluding carboxylic acids is 1. The number of carbonyl (C=O) groups is 1. The van der Waals surface area contributed by atoms with E-state index in [2.05, 4.69) is 20.0 Å². The number of para-hydroxylation sites is 1. The molecule has 2 aromatic carbocycles. The van der Waals surface area contributed by atoms with Gasteiger partial charge in [-0.05, 0) is 55.3 Å². The Bertz CT molecular complexity index is 1100. The largest absolute Gasteiger partial charge is 0.481 e. The maximum Gasteiger partial charge on any atom is 0.265 e. The van der Waals surface area contributed by atoms with Gasteiger partial charge >= 0.3 is 0 Å². The van der Waals surface area contributed by atoms with Crippen molar-refractivity contribution in [2.75, 3.05) is 10.0 Å². The highest BCUT2D eigenvalue weighted by Crippen LogP contribution is 2.21. The number of amides is 1. The van der Waals surface area contributed by atoms with Gasteiger partial charge in [0.25, 0.3) is 15.9 Å². The lowest BCUT2D eigenvalue weighted by atomic mass is 10.1. The molecule has 2 N–H and O–H groups in total. The molecular weight excluding hydrogens is 404 g/mol. The van der Waals surface area contributed by atoms with E-state index in [1.54, 1.807) is 13.0 Å². The number of aromatic nitrogens is 2. The summed E-state index contributed by atoms with van der Waals surface area (Å²) >= 11 is 0. The number of hydrogen-bond acceptors (Lipinski definition) is 6. The van der Waals surface area contributed by atoms with Crippen LogP contribution in [0.15, 0.2) is 71.9 Å². The summed E-state index contributed by atoms with van der Waals surface area (Å²) in [4.78, 5) is 20.2. The fourth-order valence-electron chi connectivity index (χ4n) is 2.65.